The number of thiophene rings is 2. The second-order valence-electron chi connectivity index (χ2n) is 17.2. The molecule has 0 bridgehead atoms. The summed E-state index contributed by atoms with van der Waals surface area (Å²) in [5.41, 5.74) is 4.25. The number of benzene rings is 4. The Kier molecular flexibility index (Phi) is 20.8. The molecule has 4 heterocycles. The zero-order chi connectivity index (χ0) is 49.3. The molecule has 15 heteroatoms. The standard InChI is InChI=1S/C27H31BrN4OS.C20H26N4OS.C7H5BrO/c1-4-24(31(16-15-30(2)3)18-21-10-12-22(28)13-11-21)25-29-26-23(14-17-34-26)27(33)32(25)19-20-8-6-5-7-9-20;1-4-17(21-11-12-23(2)3)18-22-19-16(10-13-26-19)20(25)24(18)14-15-8-6-5-7-9-15;8-7-3-1-6(5-9)2-4-7/h5-14,17,24H,4,15-16,18-19H2,1-3H3;5-10,13,17,21H,4,11-12,14H2,1-3H3;1-5H. The molecule has 4 aromatic carbocycles. The normalized spacial score (nSPS) is 12.2. The molecule has 0 aliphatic heterocycles. The average Bonchev–Trinajstić information content (AvgIpc) is 4.04. The van der Waals surface area contributed by atoms with Gasteiger partial charge in [0.05, 0.1) is 35.9 Å². The van der Waals surface area contributed by atoms with Crippen molar-refractivity contribution in [2.45, 2.75) is 58.4 Å². The monoisotopic (exact) mass is 1090 g/mol. The second-order valence-corrected chi connectivity index (χ2v) is 20.8. The van der Waals surface area contributed by atoms with Crippen LogP contribution in [0.2, 0.25) is 0 Å². The fraction of sp³-hybridized carbons (Fsp3) is 0.315. The van der Waals surface area contributed by atoms with Crippen LogP contribution in [-0.4, -0.2) is 94.5 Å². The highest BCUT2D eigenvalue weighted by Gasteiger charge is 2.26. The first kappa shape index (κ1) is 53.4. The van der Waals surface area contributed by atoms with Crippen molar-refractivity contribution in [1.82, 2.24) is 39.1 Å². The van der Waals surface area contributed by atoms with Crippen molar-refractivity contribution in [2.75, 3.05) is 54.4 Å². The van der Waals surface area contributed by atoms with Crippen LogP contribution in [0.25, 0.3) is 20.4 Å². The lowest BCUT2D eigenvalue weighted by Gasteiger charge is -2.33. The van der Waals surface area contributed by atoms with Crippen molar-refractivity contribution in [3.8, 4) is 0 Å². The van der Waals surface area contributed by atoms with Gasteiger partial charge in [-0.15, -0.1) is 22.7 Å². The quantitative estimate of drug-likeness (QED) is 0.0792. The molecule has 0 saturated heterocycles. The average molecular weight is 1100 g/mol. The number of rotatable bonds is 19. The highest BCUT2D eigenvalue weighted by molar-refractivity contribution is 9.10. The number of hydrogen-bond acceptors (Lipinski definition) is 11. The summed E-state index contributed by atoms with van der Waals surface area (Å²) in [6.07, 6.45) is 2.57. The molecular weight excluding hydrogens is 1030 g/mol. The van der Waals surface area contributed by atoms with Crippen molar-refractivity contribution in [3.05, 3.63) is 196 Å². The summed E-state index contributed by atoms with van der Waals surface area (Å²) in [5, 5.41) is 8.88. The Morgan fingerprint density at radius 1 is 0.609 bits per heavy atom. The molecule has 8 aromatic rings. The molecule has 0 aliphatic rings. The van der Waals surface area contributed by atoms with Gasteiger partial charge >= 0.3 is 0 Å². The molecule has 0 spiro atoms. The van der Waals surface area contributed by atoms with E-state index in [2.05, 4.69) is 142 Å². The first-order valence-electron chi connectivity index (χ1n) is 23.1. The van der Waals surface area contributed by atoms with Crippen LogP contribution in [0.4, 0.5) is 0 Å². The number of hydrogen-bond donors (Lipinski definition) is 1. The molecule has 11 nitrogen and oxygen atoms in total. The third-order valence-corrected chi connectivity index (χ3v) is 14.2. The Balaban J connectivity index is 0.000000196. The molecular formula is C54H62Br2N8O3S2. The maximum Gasteiger partial charge on any atom is 0.262 e. The number of nitrogens with one attached hydrogen (secondary N) is 1. The van der Waals surface area contributed by atoms with E-state index >= 15 is 0 Å². The summed E-state index contributed by atoms with van der Waals surface area (Å²) in [7, 11) is 8.31. The maximum atomic E-state index is 13.6. The predicted octanol–water partition coefficient (Wildman–Crippen LogP) is 11.2. The van der Waals surface area contributed by atoms with Crippen molar-refractivity contribution in [2.24, 2.45) is 0 Å². The Morgan fingerprint density at radius 2 is 1.10 bits per heavy atom. The molecule has 362 valence electrons. The summed E-state index contributed by atoms with van der Waals surface area (Å²) >= 11 is 9.86. The van der Waals surface area contributed by atoms with Crippen molar-refractivity contribution in [1.29, 1.82) is 0 Å². The van der Waals surface area contributed by atoms with E-state index in [1.54, 1.807) is 12.1 Å². The van der Waals surface area contributed by atoms with Gasteiger partial charge in [0.2, 0.25) is 0 Å². The van der Waals surface area contributed by atoms with Crippen LogP contribution >= 0.6 is 54.5 Å². The van der Waals surface area contributed by atoms with Crippen LogP contribution < -0.4 is 16.4 Å². The van der Waals surface area contributed by atoms with Crippen LogP contribution in [0.15, 0.2) is 151 Å². The minimum absolute atomic E-state index is 0.0199. The Labute approximate surface area is 430 Å². The van der Waals surface area contributed by atoms with Gasteiger partial charge in [0.25, 0.3) is 11.1 Å². The van der Waals surface area contributed by atoms with E-state index in [1.165, 1.54) is 28.2 Å². The second kappa shape index (κ2) is 26.9. The first-order chi connectivity index (χ1) is 33.4. The summed E-state index contributed by atoms with van der Waals surface area (Å²) in [6.45, 7) is 9.78. The molecule has 2 unspecified atom stereocenters. The molecule has 2 atom stereocenters. The maximum absolute atomic E-state index is 13.6. The molecule has 0 radical (unpaired) electrons. The lowest BCUT2D eigenvalue weighted by atomic mass is 10.1. The van der Waals surface area contributed by atoms with Crippen molar-refractivity contribution >= 4 is 81.3 Å². The SMILES string of the molecule is CCC(NCCN(C)C)c1nc2sccc2c(=O)n1Cc1ccccc1.CCC(c1nc2sccc2c(=O)n1Cc1ccccc1)N(CCN(C)C)Cc1ccc(Br)cc1.O=Cc1ccc(Br)cc1. The minimum Gasteiger partial charge on any atom is -0.308 e. The number of nitrogens with zero attached hydrogens (tertiary/aromatic N) is 7. The van der Waals surface area contributed by atoms with E-state index in [0.29, 0.717) is 29.4 Å². The predicted molar refractivity (Wildman–Crippen MR) is 294 cm³/mol. The van der Waals surface area contributed by atoms with Gasteiger partial charge in [0.15, 0.2) is 0 Å². The third kappa shape index (κ3) is 15.3. The van der Waals surface area contributed by atoms with E-state index in [-0.39, 0.29) is 23.2 Å². The van der Waals surface area contributed by atoms with Gasteiger partial charge in [0, 0.05) is 47.2 Å². The number of aromatic nitrogens is 4. The van der Waals surface area contributed by atoms with Crippen molar-refractivity contribution < 1.29 is 4.79 Å². The van der Waals surface area contributed by atoms with Gasteiger partial charge in [-0.25, -0.2) is 9.97 Å². The fourth-order valence-electron chi connectivity index (χ4n) is 7.81. The van der Waals surface area contributed by atoms with E-state index in [9.17, 15) is 14.4 Å². The Morgan fingerprint density at radius 3 is 1.58 bits per heavy atom. The molecule has 0 fully saturated rings. The minimum atomic E-state index is 0.0199. The van der Waals surface area contributed by atoms with Gasteiger partial charge in [-0.2, -0.15) is 0 Å². The van der Waals surface area contributed by atoms with Crippen LogP contribution in [-0.2, 0) is 19.6 Å². The highest BCUT2D eigenvalue weighted by Crippen LogP contribution is 2.28. The van der Waals surface area contributed by atoms with Crippen LogP contribution in [0, 0.1) is 0 Å². The molecule has 1 N–H and O–H groups in total. The number of aldehydes is 1. The van der Waals surface area contributed by atoms with Gasteiger partial charge in [-0.3, -0.25) is 28.4 Å². The summed E-state index contributed by atoms with van der Waals surface area (Å²) in [5.74, 6) is 1.68. The highest BCUT2D eigenvalue weighted by atomic mass is 79.9. The van der Waals surface area contributed by atoms with E-state index in [0.717, 1.165) is 93.2 Å². The number of likely N-dealkylation sites (N-methyl/N-ethyl adjacent to an activating group) is 2. The summed E-state index contributed by atoms with van der Waals surface area (Å²) in [4.78, 5) is 55.2. The van der Waals surface area contributed by atoms with Crippen LogP contribution in [0.3, 0.4) is 0 Å². The molecule has 0 saturated carbocycles. The third-order valence-electron chi connectivity index (χ3n) is 11.5. The Hall–Kier alpha value is -4.97. The first-order valence-corrected chi connectivity index (χ1v) is 26.5. The molecule has 0 amide bonds. The smallest absolute Gasteiger partial charge is 0.262 e. The van der Waals surface area contributed by atoms with Gasteiger partial charge < -0.3 is 15.1 Å². The van der Waals surface area contributed by atoms with Crippen LogP contribution in [0.1, 0.15) is 77.5 Å². The number of fused-ring (bicyclic) bond motifs is 2. The van der Waals surface area contributed by atoms with Crippen molar-refractivity contribution in [3.63, 3.8) is 0 Å². The Bertz CT molecular complexity index is 2940. The lowest BCUT2D eigenvalue weighted by molar-refractivity contribution is 0.112. The van der Waals surface area contributed by atoms with E-state index in [4.69, 9.17) is 9.97 Å². The molecule has 0 aliphatic carbocycles. The number of halogens is 2. The van der Waals surface area contributed by atoms with Gasteiger partial charge in [-0.05, 0) is 105 Å². The van der Waals surface area contributed by atoms with Gasteiger partial charge in [0.1, 0.15) is 27.6 Å². The lowest BCUT2D eigenvalue weighted by Crippen LogP contribution is -2.38. The van der Waals surface area contributed by atoms with Gasteiger partial charge in [-0.1, -0.05) is 131 Å². The molecule has 69 heavy (non-hydrogen) atoms. The zero-order valence-electron chi connectivity index (χ0n) is 40.2. The fourth-order valence-corrected chi connectivity index (χ4v) is 9.86. The topological polar surface area (TPSA) is 109 Å². The van der Waals surface area contributed by atoms with E-state index < -0.39 is 0 Å². The van der Waals surface area contributed by atoms with Crippen LogP contribution in [0.5, 0.6) is 0 Å². The summed E-state index contributed by atoms with van der Waals surface area (Å²) < 4.78 is 5.79. The summed E-state index contributed by atoms with van der Waals surface area (Å²) in [6, 6.07) is 39.8. The largest absolute Gasteiger partial charge is 0.308 e. The number of carbonyl (C=O) groups excluding carboxylic acids is 1. The van der Waals surface area contributed by atoms with E-state index in [1.807, 2.05) is 80.6 Å². The zero-order valence-corrected chi connectivity index (χ0v) is 45.0. The molecule has 4 aromatic heterocycles. The number of carbonyl (C=O) groups is 1. The molecule has 8 rings (SSSR count).